The van der Waals surface area contributed by atoms with Crippen LogP contribution in [0, 0.1) is 0 Å². The lowest BCUT2D eigenvalue weighted by Crippen LogP contribution is -1.96. The zero-order valence-corrected chi connectivity index (χ0v) is 11.1. The normalized spacial score (nSPS) is 10.6. The molecule has 0 aliphatic rings. The average Bonchev–Trinajstić information content (AvgIpc) is 2.91. The summed E-state index contributed by atoms with van der Waals surface area (Å²) < 4.78 is 2.05. The van der Waals surface area contributed by atoms with Crippen molar-refractivity contribution in [2.75, 3.05) is 0 Å². The molecule has 0 radical (unpaired) electrons. The summed E-state index contributed by atoms with van der Waals surface area (Å²) in [6.07, 6.45) is 3.88. The summed E-state index contributed by atoms with van der Waals surface area (Å²) in [5, 5.41) is 0.789. The van der Waals surface area contributed by atoms with Crippen molar-refractivity contribution in [2.45, 2.75) is 6.54 Å². The van der Waals surface area contributed by atoms with Gasteiger partial charge in [-0.2, -0.15) is 0 Å². The maximum absolute atomic E-state index is 6.16. The highest BCUT2D eigenvalue weighted by atomic mass is 35.5. The largest absolute Gasteiger partial charge is 0.332 e. The average molecular weight is 269 g/mol. The Balaban J connectivity index is 1.85. The standard InChI is InChI=1S/C16H13ClN2/c17-15-9-5-4-8-14(15)10-19-11-16(18-12-19)13-6-2-1-3-7-13/h1-9,11-12H,10H2. The van der Waals surface area contributed by atoms with Crippen LogP contribution < -0.4 is 0 Å². The second-order valence-corrected chi connectivity index (χ2v) is 4.80. The van der Waals surface area contributed by atoms with E-state index in [9.17, 15) is 0 Å². The molecule has 0 aliphatic carbocycles. The molecule has 0 bridgehead atoms. The third-order valence-electron chi connectivity index (χ3n) is 3.01. The molecule has 94 valence electrons. The molecule has 0 atom stereocenters. The van der Waals surface area contributed by atoms with Gasteiger partial charge in [-0.1, -0.05) is 60.1 Å². The molecule has 19 heavy (non-hydrogen) atoms. The lowest BCUT2D eigenvalue weighted by Gasteiger charge is -2.04. The van der Waals surface area contributed by atoms with Gasteiger partial charge in [0.25, 0.3) is 0 Å². The molecule has 0 N–H and O–H groups in total. The Morgan fingerprint density at radius 3 is 2.47 bits per heavy atom. The number of rotatable bonds is 3. The number of imidazole rings is 1. The summed E-state index contributed by atoms with van der Waals surface area (Å²) >= 11 is 6.16. The van der Waals surface area contributed by atoms with E-state index in [0.717, 1.165) is 28.4 Å². The smallest absolute Gasteiger partial charge is 0.0956 e. The Morgan fingerprint density at radius 1 is 0.947 bits per heavy atom. The number of halogens is 1. The van der Waals surface area contributed by atoms with Crippen molar-refractivity contribution in [1.82, 2.24) is 9.55 Å². The first kappa shape index (κ1) is 12.0. The summed E-state index contributed by atoms with van der Waals surface area (Å²) in [5.41, 5.74) is 3.20. The molecule has 3 rings (SSSR count). The Morgan fingerprint density at radius 2 is 1.68 bits per heavy atom. The zero-order valence-electron chi connectivity index (χ0n) is 10.3. The summed E-state index contributed by atoms with van der Waals surface area (Å²) in [7, 11) is 0. The molecule has 2 aromatic carbocycles. The van der Waals surface area contributed by atoms with Gasteiger partial charge >= 0.3 is 0 Å². The van der Waals surface area contributed by atoms with Crippen molar-refractivity contribution in [3.8, 4) is 11.3 Å². The van der Waals surface area contributed by atoms with Crippen molar-refractivity contribution >= 4 is 11.6 Å². The number of aromatic nitrogens is 2. The van der Waals surface area contributed by atoms with Crippen molar-refractivity contribution in [3.63, 3.8) is 0 Å². The van der Waals surface area contributed by atoms with Gasteiger partial charge < -0.3 is 4.57 Å². The van der Waals surface area contributed by atoms with Crippen LogP contribution in [0.4, 0.5) is 0 Å². The lowest BCUT2D eigenvalue weighted by atomic mass is 10.2. The molecule has 0 fully saturated rings. The van der Waals surface area contributed by atoms with E-state index in [0.29, 0.717) is 0 Å². The van der Waals surface area contributed by atoms with E-state index in [1.165, 1.54) is 0 Å². The Hall–Kier alpha value is -2.06. The fraction of sp³-hybridized carbons (Fsp3) is 0.0625. The molecule has 2 nitrogen and oxygen atoms in total. The third-order valence-corrected chi connectivity index (χ3v) is 3.38. The summed E-state index contributed by atoms with van der Waals surface area (Å²) in [6, 6.07) is 18.0. The van der Waals surface area contributed by atoms with Crippen LogP contribution in [-0.4, -0.2) is 9.55 Å². The van der Waals surface area contributed by atoms with E-state index in [1.54, 1.807) is 0 Å². The predicted molar refractivity (Wildman–Crippen MR) is 78.2 cm³/mol. The van der Waals surface area contributed by atoms with Crippen LogP contribution in [0.3, 0.4) is 0 Å². The Labute approximate surface area is 117 Å². The van der Waals surface area contributed by atoms with Gasteiger partial charge in [-0.05, 0) is 11.6 Å². The van der Waals surface area contributed by atoms with Gasteiger partial charge in [-0.3, -0.25) is 0 Å². The van der Waals surface area contributed by atoms with E-state index in [1.807, 2.05) is 59.6 Å². The predicted octanol–water partition coefficient (Wildman–Crippen LogP) is 4.25. The Bertz CT molecular complexity index is 674. The SMILES string of the molecule is Clc1ccccc1Cn1cnc(-c2ccccc2)c1. The number of hydrogen-bond acceptors (Lipinski definition) is 1. The molecular formula is C16H13ClN2. The molecule has 0 saturated heterocycles. The Kier molecular flexibility index (Phi) is 3.34. The highest BCUT2D eigenvalue weighted by Crippen LogP contribution is 2.19. The van der Waals surface area contributed by atoms with Gasteiger partial charge in [0.2, 0.25) is 0 Å². The number of nitrogens with zero attached hydrogens (tertiary/aromatic N) is 2. The van der Waals surface area contributed by atoms with Crippen LogP contribution in [0.5, 0.6) is 0 Å². The first-order valence-electron chi connectivity index (χ1n) is 6.13. The van der Waals surface area contributed by atoms with Crippen LogP contribution in [0.15, 0.2) is 67.1 Å². The van der Waals surface area contributed by atoms with Gasteiger partial charge in [0.15, 0.2) is 0 Å². The van der Waals surface area contributed by atoms with Crippen LogP contribution >= 0.6 is 11.6 Å². The maximum atomic E-state index is 6.16. The second-order valence-electron chi connectivity index (χ2n) is 4.39. The first-order chi connectivity index (χ1) is 9.33. The van der Waals surface area contributed by atoms with E-state index >= 15 is 0 Å². The molecule has 0 unspecified atom stereocenters. The minimum Gasteiger partial charge on any atom is -0.332 e. The lowest BCUT2D eigenvalue weighted by molar-refractivity contribution is 0.798. The highest BCUT2D eigenvalue weighted by molar-refractivity contribution is 6.31. The zero-order chi connectivity index (χ0) is 13.1. The van der Waals surface area contributed by atoms with Gasteiger partial charge in [-0.15, -0.1) is 0 Å². The monoisotopic (exact) mass is 268 g/mol. The molecule has 1 heterocycles. The van der Waals surface area contributed by atoms with Crippen LogP contribution in [-0.2, 0) is 6.54 Å². The number of hydrogen-bond donors (Lipinski definition) is 0. The van der Waals surface area contributed by atoms with Crippen molar-refractivity contribution in [3.05, 3.63) is 77.7 Å². The molecule has 3 aromatic rings. The third kappa shape index (κ3) is 2.69. The van der Waals surface area contributed by atoms with E-state index in [4.69, 9.17) is 11.6 Å². The fourth-order valence-electron chi connectivity index (χ4n) is 2.03. The van der Waals surface area contributed by atoms with Gasteiger partial charge in [0.1, 0.15) is 0 Å². The van der Waals surface area contributed by atoms with Gasteiger partial charge in [0.05, 0.1) is 12.0 Å². The van der Waals surface area contributed by atoms with Crippen molar-refractivity contribution in [1.29, 1.82) is 0 Å². The van der Waals surface area contributed by atoms with Gasteiger partial charge in [-0.25, -0.2) is 4.98 Å². The minimum absolute atomic E-state index is 0.736. The molecule has 0 spiro atoms. The number of benzene rings is 2. The van der Waals surface area contributed by atoms with E-state index in [2.05, 4.69) is 17.1 Å². The van der Waals surface area contributed by atoms with Crippen molar-refractivity contribution < 1.29 is 0 Å². The minimum atomic E-state index is 0.736. The molecule has 0 saturated carbocycles. The highest BCUT2D eigenvalue weighted by Gasteiger charge is 2.03. The van der Waals surface area contributed by atoms with E-state index in [-0.39, 0.29) is 0 Å². The van der Waals surface area contributed by atoms with Crippen molar-refractivity contribution in [2.24, 2.45) is 0 Å². The molecule has 1 aromatic heterocycles. The summed E-state index contributed by atoms with van der Waals surface area (Å²) in [6.45, 7) is 0.736. The topological polar surface area (TPSA) is 17.8 Å². The van der Waals surface area contributed by atoms with Crippen LogP contribution in [0.25, 0.3) is 11.3 Å². The maximum Gasteiger partial charge on any atom is 0.0956 e. The first-order valence-corrected chi connectivity index (χ1v) is 6.51. The van der Waals surface area contributed by atoms with Crippen LogP contribution in [0.2, 0.25) is 5.02 Å². The quantitative estimate of drug-likeness (QED) is 0.694. The van der Waals surface area contributed by atoms with E-state index < -0.39 is 0 Å². The molecule has 0 amide bonds. The summed E-state index contributed by atoms with van der Waals surface area (Å²) in [5.74, 6) is 0. The van der Waals surface area contributed by atoms with Crippen LogP contribution in [0.1, 0.15) is 5.56 Å². The molecule has 0 aliphatic heterocycles. The second kappa shape index (κ2) is 5.29. The fourth-order valence-corrected chi connectivity index (χ4v) is 2.22. The molecule has 3 heteroatoms. The summed E-state index contributed by atoms with van der Waals surface area (Å²) in [4.78, 5) is 4.43. The van der Waals surface area contributed by atoms with Gasteiger partial charge in [0, 0.05) is 23.3 Å². The molecular weight excluding hydrogens is 256 g/mol.